The Morgan fingerprint density at radius 3 is 2.71 bits per heavy atom. The number of likely N-dealkylation sites (tertiary alicyclic amines) is 1. The first kappa shape index (κ1) is 26.0. The number of hydrogen-bond acceptors (Lipinski definition) is 5. The Kier molecular flexibility index (Phi) is 8.97. The number of aliphatic hydroxyl groups excluding tert-OH is 1. The van der Waals surface area contributed by atoms with E-state index in [1.807, 2.05) is 43.3 Å². The average Bonchev–Trinajstić information content (AvgIpc) is 3.39. The van der Waals surface area contributed by atoms with Gasteiger partial charge in [-0.1, -0.05) is 49.4 Å². The Bertz CT molecular complexity index is 992. The van der Waals surface area contributed by atoms with Crippen LogP contribution in [0.1, 0.15) is 46.3 Å². The summed E-state index contributed by atoms with van der Waals surface area (Å²) in [6, 6.07) is 12.7. The molecule has 1 aromatic heterocycles. The van der Waals surface area contributed by atoms with Crippen molar-refractivity contribution >= 4 is 23.2 Å². The van der Waals surface area contributed by atoms with E-state index >= 15 is 0 Å². The minimum atomic E-state index is -3.40. The Balaban J connectivity index is 1.54. The van der Waals surface area contributed by atoms with Crippen molar-refractivity contribution in [2.45, 2.75) is 57.1 Å². The quantitative estimate of drug-likeness (QED) is 0.359. The molecule has 8 heteroatoms. The highest BCUT2D eigenvalue weighted by Gasteiger charge is 2.52. The molecule has 0 bridgehead atoms. The van der Waals surface area contributed by atoms with E-state index < -0.39 is 36.4 Å². The molecule has 1 amide bonds. The van der Waals surface area contributed by atoms with Crippen LogP contribution in [0.25, 0.3) is 0 Å². The zero-order chi connectivity index (χ0) is 24.7. The van der Waals surface area contributed by atoms with E-state index in [-0.39, 0.29) is 12.5 Å². The number of aryl methyl sites for hydroxylation is 2. The van der Waals surface area contributed by atoms with Crippen LogP contribution in [0.5, 0.6) is 0 Å². The number of carbonyl (C=O) groups is 2. The van der Waals surface area contributed by atoms with Gasteiger partial charge < -0.3 is 14.7 Å². The van der Waals surface area contributed by atoms with Crippen LogP contribution in [0.4, 0.5) is 8.78 Å². The second kappa shape index (κ2) is 11.7. The SMILES string of the molecule is COC(=O)c1ccc(CCCN2C(=O)C(F)(F)C[C@@H]2/C=C/C(O)[C@@H](C)CCc2ccccc2)s1. The average molecular weight is 492 g/mol. The summed E-state index contributed by atoms with van der Waals surface area (Å²) in [5, 5.41) is 10.5. The molecule has 184 valence electrons. The van der Waals surface area contributed by atoms with Gasteiger partial charge in [0.25, 0.3) is 5.91 Å². The van der Waals surface area contributed by atoms with Gasteiger partial charge in [0.15, 0.2) is 0 Å². The van der Waals surface area contributed by atoms with Crippen LogP contribution >= 0.6 is 11.3 Å². The predicted molar refractivity (Wildman–Crippen MR) is 128 cm³/mol. The van der Waals surface area contributed by atoms with Gasteiger partial charge in [0.2, 0.25) is 0 Å². The van der Waals surface area contributed by atoms with E-state index in [2.05, 4.69) is 0 Å². The molecular formula is C26H31F2NO4S. The number of hydrogen-bond donors (Lipinski definition) is 1. The first-order chi connectivity index (χ1) is 16.2. The summed E-state index contributed by atoms with van der Waals surface area (Å²) in [5.41, 5.74) is 1.18. The number of benzene rings is 1. The molecule has 2 heterocycles. The monoisotopic (exact) mass is 491 g/mol. The molecule has 1 aliphatic rings. The number of carbonyl (C=O) groups excluding carboxylic acids is 2. The molecule has 34 heavy (non-hydrogen) atoms. The second-order valence-corrected chi connectivity index (χ2v) is 9.88. The standard InChI is InChI=1S/C26H31F2NO4S/c1-18(10-11-19-7-4-3-5-8-19)22(30)14-12-20-17-26(27,28)25(32)29(20)16-6-9-21-13-15-23(34-21)24(31)33-2/h3-5,7-8,12-15,18,20,22,30H,6,9-11,16-17H2,1-2H3/b14-12+/t18-,20-,22?/m0/s1. The fourth-order valence-electron chi connectivity index (χ4n) is 4.05. The minimum Gasteiger partial charge on any atom is -0.465 e. The third-order valence-corrected chi connectivity index (χ3v) is 7.28. The van der Waals surface area contributed by atoms with E-state index in [0.29, 0.717) is 17.7 Å². The lowest BCUT2D eigenvalue weighted by Gasteiger charge is -2.22. The molecule has 1 fully saturated rings. The summed E-state index contributed by atoms with van der Waals surface area (Å²) in [4.78, 5) is 26.5. The smallest absolute Gasteiger partial charge is 0.348 e. The van der Waals surface area contributed by atoms with Gasteiger partial charge in [-0.05, 0) is 49.3 Å². The van der Waals surface area contributed by atoms with Crippen molar-refractivity contribution in [2.24, 2.45) is 5.92 Å². The highest BCUT2D eigenvalue weighted by molar-refractivity contribution is 7.13. The third-order valence-electron chi connectivity index (χ3n) is 6.15. The Morgan fingerprint density at radius 2 is 2.00 bits per heavy atom. The summed E-state index contributed by atoms with van der Waals surface area (Å²) in [7, 11) is 1.32. The normalized spacial score (nSPS) is 19.5. The number of thiophene rings is 1. The van der Waals surface area contributed by atoms with Gasteiger partial charge >= 0.3 is 11.9 Å². The first-order valence-corrected chi connectivity index (χ1v) is 12.3. The van der Waals surface area contributed by atoms with Crippen molar-refractivity contribution in [1.29, 1.82) is 0 Å². The van der Waals surface area contributed by atoms with Gasteiger partial charge in [0.05, 0.1) is 19.3 Å². The number of aliphatic hydroxyl groups is 1. The van der Waals surface area contributed by atoms with Crippen LogP contribution in [0.2, 0.25) is 0 Å². The van der Waals surface area contributed by atoms with Crippen LogP contribution in [0.3, 0.4) is 0 Å². The van der Waals surface area contributed by atoms with Gasteiger partial charge in [-0.3, -0.25) is 4.79 Å². The van der Waals surface area contributed by atoms with Crippen LogP contribution in [0.15, 0.2) is 54.6 Å². The molecule has 1 unspecified atom stereocenters. The third kappa shape index (κ3) is 6.73. The van der Waals surface area contributed by atoms with Crippen LogP contribution < -0.4 is 0 Å². The number of methoxy groups -OCH3 is 1. The maximum Gasteiger partial charge on any atom is 0.348 e. The fourth-order valence-corrected chi connectivity index (χ4v) is 5.02. The molecule has 2 aromatic rings. The molecule has 1 aromatic carbocycles. The largest absolute Gasteiger partial charge is 0.465 e. The fraction of sp³-hybridized carbons (Fsp3) is 0.462. The zero-order valence-electron chi connectivity index (χ0n) is 19.5. The number of halogens is 2. The molecule has 0 aliphatic carbocycles. The lowest BCUT2D eigenvalue weighted by atomic mass is 9.95. The van der Waals surface area contributed by atoms with E-state index in [0.717, 1.165) is 17.7 Å². The van der Waals surface area contributed by atoms with Crippen LogP contribution in [-0.4, -0.2) is 53.6 Å². The van der Waals surface area contributed by atoms with Crippen molar-refractivity contribution in [3.05, 3.63) is 69.9 Å². The van der Waals surface area contributed by atoms with Gasteiger partial charge in [0.1, 0.15) is 4.88 Å². The van der Waals surface area contributed by atoms with E-state index in [9.17, 15) is 23.5 Å². The molecule has 0 spiro atoms. The summed E-state index contributed by atoms with van der Waals surface area (Å²) in [6.45, 7) is 2.10. The van der Waals surface area contributed by atoms with Crippen molar-refractivity contribution in [2.75, 3.05) is 13.7 Å². The van der Waals surface area contributed by atoms with Gasteiger partial charge in [0, 0.05) is 17.8 Å². The Labute approximate surface area is 203 Å². The summed E-state index contributed by atoms with van der Waals surface area (Å²) >= 11 is 1.30. The first-order valence-electron chi connectivity index (χ1n) is 11.5. The number of amides is 1. The molecule has 3 atom stereocenters. The van der Waals surface area contributed by atoms with Crippen molar-refractivity contribution in [3.8, 4) is 0 Å². The molecule has 1 N–H and O–H groups in total. The lowest BCUT2D eigenvalue weighted by Crippen LogP contribution is -2.36. The molecule has 0 radical (unpaired) electrons. The summed E-state index contributed by atoms with van der Waals surface area (Å²) in [5.74, 6) is -5.03. The maximum atomic E-state index is 14.2. The molecule has 3 rings (SSSR count). The Morgan fingerprint density at radius 1 is 1.26 bits per heavy atom. The predicted octanol–water partition coefficient (Wildman–Crippen LogP) is 4.89. The topological polar surface area (TPSA) is 66.8 Å². The van der Waals surface area contributed by atoms with Gasteiger partial charge in [-0.2, -0.15) is 8.78 Å². The highest BCUT2D eigenvalue weighted by Crippen LogP contribution is 2.34. The van der Waals surface area contributed by atoms with Gasteiger partial charge in [-0.15, -0.1) is 11.3 Å². The lowest BCUT2D eigenvalue weighted by molar-refractivity contribution is -0.148. The number of nitrogens with zero attached hydrogens (tertiary/aromatic N) is 1. The Hall–Kier alpha value is -2.58. The van der Waals surface area contributed by atoms with Gasteiger partial charge in [-0.25, -0.2) is 4.79 Å². The van der Waals surface area contributed by atoms with Crippen LogP contribution in [-0.2, 0) is 22.4 Å². The molecule has 5 nitrogen and oxygen atoms in total. The number of ether oxygens (including phenoxy) is 1. The molecule has 1 saturated heterocycles. The maximum absolute atomic E-state index is 14.2. The van der Waals surface area contributed by atoms with E-state index in [1.165, 1.54) is 28.9 Å². The second-order valence-electron chi connectivity index (χ2n) is 8.71. The van der Waals surface area contributed by atoms with Crippen molar-refractivity contribution in [1.82, 2.24) is 4.90 Å². The highest BCUT2D eigenvalue weighted by atomic mass is 32.1. The van der Waals surface area contributed by atoms with Crippen molar-refractivity contribution in [3.63, 3.8) is 0 Å². The zero-order valence-corrected chi connectivity index (χ0v) is 20.3. The minimum absolute atomic E-state index is 0.0506. The molecule has 1 aliphatic heterocycles. The number of esters is 1. The van der Waals surface area contributed by atoms with Crippen molar-refractivity contribution < 1.29 is 28.2 Å². The number of alkyl halides is 2. The van der Waals surface area contributed by atoms with E-state index in [4.69, 9.17) is 4.74 Å². The van der Waals surface area contributed by atoms with Crippen LogP contribution in [0, 0.1) is 5.92 Å². The molecule has 0 saturated carbocycles. The number of rotatable bonds is 11. The van der Waals surface area contributed by atoms with E-state index in [1.54, 1.807) is 18.2 Å². The summed E-state index contributed by atoms with van der Waals surface area (Å²) in [6.07, 6.45) is 4.35. The molecular weight excluding hydrogens is 460 g/mol. The summed E-state index contributed by atoms with van der Waals surface area (Å²) < 4.78 is 33.0.